The molecule has 1 aromatic rings. The first-order valence-electron chi connectivity index (χ1n) is 4.64. The quantitative estimate of drug-likeness (QED) is 0.746. The van der Waals surface area contributed by atoms with E-state index in [0.29, 0.717) is 11.7 Å². The molecule has 0 aromatic heterocycles. The lowest BCUT2D eigenvalue weighted by Gasteiger charge is -2.12. The minimum absolute atomic E-state index is 0.334. The van der Waals surface area contributed by atoms with E-state index in [9.17, 15) is 5.11 Å². The van der Waals surface area contributed by atoms with Crippen molar-refractivity contribution in [2.75, 3.05) is 0 Å². The van der Waals surface area contributed by atoms with E-state index in [0.717, 1.165) is 12.0 Å². The van der Waals surface area contributed by atoms with Crippen LogP contribution in [0.3, 0.4) is 0 Å². The van der Waals surface area contributed by atoms with Crippen molar-refractivity contribution in [2.24, 2.45) is 0 Å². The Hall–Kier alpha value is -1.24. The van der Waals surface area contributed by atoms with Gasteiger partial charge in [-0.3, -0.25) is 0 Å². The molecule has 0 radical (unpaired) electrons. The van der Waals surface area contributed by atoms with E-state index in [-0.39, 0.29) is 0 Å². The van der Waals surface area contributed by atoms with Gasteiger partial charge in [-0.1, -0.05) is 32.6 Å². The lowest BCUT2D eigenvalue weighted by atomic mass is 9.93. The second kappa shape index (κ2) is 4.13. The normalized spacial score (nSPS) is 12.5. The predicted octanol–water partition coefficient (Wildman–Crippen LogP) is 3.55. The molecule has 0 saturated heterocycles. The van der Waals surface area contributed by atoms with Crippen LogP contribution in [0.15, 0.2) is 24.8 Å². The van der Waals surface area contributed by atoms with Crippen LogP contribution >= 0.6 is 0 Å². The van der Waals surface area contributed by atoms with Crippen molar-refractivity contribution in [1.82, 2.24) is 0 Å². The van der Waals surface area contributed by atoms with Gasteiger partial charge in [0.05, 0.1) is 0 Å². The summed E-state index contributed by atoms with van der Waals surface area (Å²) in [5, 5.41) is 9.34. The molecule has 13 heavy (non-hydrogen) atoms. The first-order chi connectivity index (χ1) is 6.19. The van der Waals surface area contributed by atoms with E-state index in [4.69, 9.17) is 0 Å². The zero-order chi connectivity index (χ0) is 9.84. The number of phenolic OH excluding ortho intramolecular Hbond substituents is 1. The molecule has 0 bridgehead atoms. The van der Waals surface area contributed by atoms with Crippen LogP contribution in [0.1, 0.15) is 37.3 Å². The fourth-order valence-electron chi connectivity index (χ4n) is 1.39. The van der Waals surface area contributed by atoms with E-state index in [1.807, 2.05) is 18.2 Å². The van der Waals surface area contributed by atoms with Gasteiger partial charge in [-0.2, -0.15) is 0 Å². The Balaban J connectivity index is 3.15. The summed E-state index contributed by atoms with van der Waals surface area (Å²) in [6.07, 6.45) is 2.91. The molecular formula is C12H16O. The maximum absolute atomic E-state index is 9.34. The molecule has 70 valence electrons. The maximum Gasteiger partial charge on any atom is 0.115 e. The topological polar surface area (TPSA) is 20.2 Å². The lowest BCUT2D eigenvalue weighted by Crippen LogP contribution is -1.94. The van der Waals surface area contributed by atoms with Gasteiger partial charge in [0.2, 0.25) is 0 Å². The van der Waals surface area contributed by atoms with Gasteiger partial charge in [-0.25, -0.2) is 0 Å². The Morgan fingerprint density at radius 2 is 2.23 bits per heavy atom. The van der Waals surface area contributed by atoms with Crippen LogP contribution in [-0.2, 0) is 0 Å². The molecule has 0 aliphatic rings. The summed E-state index contributed by atoms with van der Waals surface area (Å²) >= 11 is 0. The van der Waals surface area contributed by atoms with Gasteiger partial charge in [-0.15, -0.1) is 0 Å². The standard InChI is InChI=1S/C12H16O/c1-4-9(3)12-8-11(13)7-6-10(12)5-2/h5-9,13H,2,4H2,1,3H3. The highest BCUT2D eigenvalue weighted by Gasteiger charge is 2.07. The van der Waals surface area contributed by atoms with Crippen molar-refractivity contribution >= 4 is 6.08 Å². The first kappa shape index (κ1) is 9.85. The van der Waals surface area contributed by atoms with E-state index < -0.39 is 0 Å². The summed E-state index contributed by atoms with van der Waals surface area (Å²) in [5.74, 6) is 0.806. The Morgan fingerprint density at radius 3 is 2.77 bits per heavy atom. The van der Waals surface area contributed by atoms with Gasteiger partial charge < -0.3 is 5.11 Å². The van der Waals surface area contributed by atoms with Crippen LogP contribution in [0.5, 0.6) is 5.75 Å². The molecule has 0 amide bonds. The van der Waals surface area contributed by atoms with Gasteiger partial charge in [0.1, 0.15) is 5.75 Å². The van der Waals surface area contributed by atoms with Crippen molar-refractivity contribution in [2.45, 2.75) is 26.2 Å². The smallest absolute Gasteiger partial charge is 0.115 e. The molecule has 0 aliphatic heterocycles. The minimum Gasteiger partial charge on any atom is -0.508 e. The number of phenols is 1. The highest BCUT2D eigenvalue weighted by atomic mass is 16.3. The molecule has 1 unspecified atom stereocenters. The van der Waals surface area contributed by atoms with Crippen LogP contribution < -0.4 is 0 Å². The van der Waals surface area contributed by atoms with Gasteiger partial charge in [0, 0.05) is 0 Å². The van der Waals surface area contributed by atoms with Gasteiger partial charge in [-0.05, 0) is 35.6 Å². The Kier molecular flexibility index (Phi) is 3.13. The number of hydrogen-bond acceptors (Lipinski definition) is 1. The summed E-state index contributed by atoms with van der Waals surface area (Å²) in [6.45, 7) is 8.05. The third-order valence-corrected chi connectivity index (χ3v) is 2.43. The van der Waals surface area contributed by atoms with Gasteiger partial charge in [0.25, 0.3) is 0 Å². The summed E-state index contributed by atoms with van der Waals surface area (Å²) in [4.78, 5) is 0. The Bertz CT molecular complexity index is 302. The van der Waals surface area contributed by atoms with E-state index in [1.54, 1.807) is 6.07 Å². The van der Waals surface area contributed by atoms with Crippen molar-refractivity contribution in [1.29, 1.82) is 0 Å². The average molecular weight is 176 g/mol. The number of benzene rings is 1. The highest BCUT2D eigenvalue weighted by Crippen LogP contribution is 2.26. The number of rotatable bonds is 3. The number of aromatic hydroxyl groups is 1. The second-order valence-electron chi connectivity index (χ2n) is 3.33. The molecule has 1 rings (SSSR count). The van der Waals surface area contributed by atoms with Crippen LogP contribution in [0.4, 0.5) is 0 Å². The minimum atomic E-state index is 0.334. The molecule has 0 aliphatic carbocycles. The third-order valence-electron chi connectivity index (χ3n) is 2.43. The number of hydrogen-bond donors (Lipinski definition) is 1. The van der Waals surface area contributed by atoms with Crippen LogP contribution in [-0.4, -0.2) is 5.11 Å². The largest absolute Gasteiger partial charge is 0.508 e. The molecule has 1 atom stereocenters. The fourth-order valence-corrected chi connectivity index (χ4v) is 1.39. The maximum atomic E-state index is 9.34. The monoisotopic (exact) mass is 176 g/mol. The molecule has 1 nitrogen and oxygen atoms in total. The van der Waals surface area contributed by atoms with E-state index in [1.165, 1.54) is 5.56 Å². The molecule has 0 fully saturated rings. The first-order valence-corrected chi connectivity index (χ1v) is 4.64. The summed E-state index contributed by atoms with van der Waals surface area (Å²) in [6, 6.07) is 5.43. The van der Waals surface area contributed by atoms with Crippen molar-refractivity contribution in [3.05, 3.63) is 35.9 Å². The molecule has 1 N–H and O–H groups in total. The van der Waals surface area contributed by atoms with Crippen molar-refractivity contribution in [3.63, 3.8) is 0 Å². The van der Waals surface area contributed by atoms with E-state index in [2.05, 4.69) is 20.4 Å². The van der Waals surface area contributed by atoms with Crippen LogP contribution in [0.2, 0.25) is 0 Å². The fraction of sp³-hybridized carbons (Fsp3) is 0.333. The molecular weight excluding hydrogens is 160 g/mol. The van der Waals surface area contributed by atoms with Crippen molar-refractivity contribution in [3.8, 4) is 5.75 Å². The van der Waals surface area contributed by atoms with Crippen LogP contribution in [0, 0.1) is 0 Å². The van der Waals surface area contributed by atoms with Gasteiger partial charge >= 0.3 is 0 Å². The Morgan fingerprint density at radius 1 is 1.54 bits per heavy atom. The molecule has 0 saturated carbocycles. The molecule has 0 heterocycles. The summed E-state index contributed by atoms with van der Waals surface area (Å²) in [5.41, 5.74) is 2.30. The predicted molar refractivity (Wildman–Crippen MR) is 56.9 cm³/mol. The summed E-state index contributed by atoms with van der Waals surface area (Å²) in [7, 11) is 0. The van der Waals surface area contributed by atoms with E-state index >= 15 is 0 Å². The average Bonchev–Trinajstić information content (AvgIpc) is 2.16. The SMILES string of the molecule is C=Cc1ccc(O)cc1C(C)CC. The lowest BCUT2D eigenvalue weighted by molar-refractivity contribution is 0.473. The molecule has 1 aromatic carbocycles. The van der Waals surface area contributed by atoms with Gasteiger partial charge in [0.15, 0.2) is 0 Å². The second-order valence-corrected chi connectivity index (χ2v) is 3.33. The molecule has 0 spiro atoms. The summed E-state index contributed by atoms with van der Waals surface area (Å²) < 4.78 is 0. The third kappa shape index (κ3) is 2.11. The highest BCUT2D eigenvalue weighted by molar-refractivity contribution is 5.54. The Labute approximate surface area is 79.7 Å². The van der Waals surface area contributed by atoms with Crippen LogP contribution in [0.25, 0.3) is 6.08 Å². The zero-order valence-corrected chi connectivity index (χ0v) is 8.25. The molecule has 1 heteroatoms. The zero-order valence-electron chi connectivity index (χ0n) is 8.25. The van der Waals surface area contributed by atoms with Crippen molar-refractivity contribution < 1.29 is 5.11 Å².